The predicted molar refractivity (Wildman–Crippen MR) is 72.0 cm³/mol. The third kappa shape index (κ3) is 2.78. The summed E-state index contributed by atoms with van der Waals surface area (Å²) in [5, 5.41) is 9.33. The molecule has 0 spiro atoms. The van der Waals surface area contributed by atoms with Crippen molar-refractivity contribution in [2.45, 2.75) is 32.7 Å². The topological polar surface area (TPSA) is 57.6 Å². The summed E-state index contributed by atoms with van der Waals surface area (Å²) in [4.78, 5) is 25.3. The summed E-state index contributed by atoms with van der Waals surface area (Å²) in [5.41, 5.74) is 1.64. The maximum absolute atomic E-state index is 12.4. The van der Waals surface area contributed by atoms with Gasteiger partial charge in [-0.2, -0.15) is 0 Å². The molecule has 4 nitrogen and oxygen atoms in total. The lowest BCUT2D eigenvalue weighted by molar-refractivity contribution is -0.145. The maximum Gasteiger partial charge on any atom is 0.326 e. The van der Waals surface area contributed by atoms with Gasteiger partial charge in [0.15, 0.2) is 0 Å². The number of aliphatic carboxylic acids is 1. The van der Waals surface area contributed by atoms with E-state index in [4.69, 9.17) is 0 Å². The van der Waals surface area contributed by atoms with Gasteiger partial charge in [-0.05, 0) is 37.8 Å². The number of carboxylic acids is 1. The molecule has 0 bridgehead atoms. The molecule has 1 aromatic carbocycles. The van der Waals surface area contributed by atoms with Crippen molar-refractivity contribution in [2.75, 3.05) is 6.54 Å². The number of carboxylic acid groups (broad SMARTS) is 1. The minimum Gasteiger partial charge on any atom is -0.480 e. The van der Waals surface area contributed by atoms with Crippen molar-refractivity contribution in [1.82, 2.24) is 4.90 Å². The van der Waals surface area contributed by atoms with Crippen molar-refractivity contribution in [3.05, 3.63) is 35.4 Å². The van der Waals surface area contributed by atoms with Gasteiger partial charge in [-0.3, -0.25) is 4.79 Å². The fraction of sp³-hybridized carbons (Fsp3) is 0.467. The first-order valence-corrected chi connectivity index (χ1v) is 6.61. The van der Waals surface area contributed by atoms with Gasteiger partial charge in [-0.25, -0.2) is 4.79 Å². The van der Waals surface area contributed by atoms with Crippen LogP contribution >= 0.6 is 0 Å². The van der Waals surface area contributed by atoms with Crippen LogP contribution in [0.15, 0.2) is 24.3 Å². The number of rotatable bonds is 2. The van der Waals surface area contributed by atoms with Gasteiger partial charge in [0.1, 0.15) is 6.04 Å². The fourth-order valence-electron chi connectivity index (χ4n) is 2.65. The van der Waals surface area contributed by atoms with E-state index in [9.17, 15) is 14.7 Å². The van der Waals surface area contributed by atoms with E-state index in [0.29, 0.717) is 12.1 Å². The molecule has 1 saturated heterocycles. The minimum absolute atomic E-state index is 0.000600. The number of nitrogens with zero attached hydrogens (tertiary/aromatic N) is 1. The van der Waals surface area contributed by atoms with Crippen molar-refractivity contribution in [1.29, 1.82) is 0 Å². The zero-order valence-electron chi connectivity index (χ0n) is 11.3. The SMILES string of the molecule is Cc1ccc(C(=O)N2CCCC(C)C2C(=O)O)cc1. The Morgan fingerprint density at radius 2 is 1.89 bits per heavy atom. The zero-order valence-corrected chi connectivity index (χ0v) is 11.3. The highest BCUT2D eigenvalue weighted by molar-refractivity contribution is 5.96. The Bertz CT molecular complexity index is 481. The third-order valence-corrected chi connectivity index (χ3v) is 3.75. The largest absolute Gasteiger partial charge is 0.480 e. The quantitative estimate of drug-likeness (QED) is 0.888. The van der Waals surface area contributed by atoms with E-state index in [1.54, 1.807) is 12.1 Å². The van der Waals surface area contributed by atoms with Crippen LogP contribution in [0.3, 0.4) is 0 Å². The van der Waals surface area contributed by atoms with Crippen molar-refractivity contribution in [3.63, 3.8) is 0 Å². The molecule has 2 rings (SSSR count). The Morgan fingerprint density at radius 1 is 1.26 bits per heavy atom. The number of benzene rings is 1. The molecular weight excluding hydrogens is 242 g/mol. The molecule has 2 atom stereocenters. The van der Waals surface area contributed by atoms with E-state index in [2.05, 4.69) is 0 Å². The Morgan fingerprint density at radius 3 is 2.47 bits per heavy atom. The van der Waals surface area contributed by atoms with Gasteiger partial charge in [0.05, 0.1) is 0 Å². The molecule has 1 aromatic rings. The highest BCUT2D eigenvalue weighted by atomic mass is 16.4. The number of hydrogen-bond donors (Lipinski definition) is 1. The smallest absolute Gasteiger partial charge is 0.326 e. The van der Waals surface area contributed by atoms with Gasteiger partial charge in [-0.15, -0.1) is 0 Å². The normalized spacial score (nSPS) is 23.2. The molecule has 0 radical (unpaired) electrons. The first-order valence-electron chi connectivity index (χ1n) is 6.61. The molecule has 1 N–H and O–H groups in total. The second-order valence-electron chi connectivity index (χ2n) is 5.27. The van der Waals surface area contributed by atoms with Crippen molar-refractivity contribution in [2.24, 2.45) is 5.92 Å². The van der Waals surface area contributed by atoms with E-state index in [1.165, 1.54) is 4.90 Å². The Hall–Kier alpha value is -1.84. The molecule has 1 fully saturated rings. The summed E-state index contributed by atoms with van der Waals surface area (Å²) >= 11 is 0. The average Bonchev–Trinajstić information content (AvgIpc) is 2.38. The minimum atomic E-state index is -0.910. The summed E-state index contributed by atoms with van der Waals surface area (Å²) in [6.07, 6.45) is 1.72. The molecule has 1 aliphatic heterocycles. The van der Waals surface area contributed by atoms with E-state index in [1.807, 2.05) is 26.0 Å². The molecular formula is C15H19NO3. The molecule has 4 heteroatoms. The molecule has 0 aromatic heterocycles. The zero-order chi connectivity index (χ0) is 14.0. The van der Waals surface area contributed by atoms with Crippen LogP contribution in [-0.2, 0) is 4.79 Å². The summed E-state index contributed by atoms with van der Waals surface area (Å²) in [6.45, 7) is 4.37. The maximum atomic E-state index is 12.4. The van der Waals surface area contributed by atoms with Gasteiger partial charge in [0.2, 0.25) is 0 Å². The molecule has 1 amide bonds. The second-order valence-corrected chi connectivity index (χ2v) is 5.27. The van der Waals surface area contributed by atoms with E-state index < -0.39 is 12.0 Å². The highest BCUT2D eigenvalue weighted by Gasteiger charge is 2.37. The number of likely N-dealkylation sites (tertiary alicyclic amines) is 1. The lowest BCUT2D eigenvalue weighted by Gasteiger charge is -2.37. The van der Waals surface area contributed by atoms with E-state index >= 15 is 0 Å². The van der Waals surface area contributed by atoms with Crippen LogP contribution in [0.2, 0.25) is 0 Å². The summed E-state index contributed by atoms with van der Waals surface area (Å²) < 4.78 is 0. The molecule has 0 saturated carbocycles. The first kappa shape index (κ1) is 13.6. The van der Waals surface area contributed by atoms with Crippen molar-refractivity contribution >= 4 is 11.9 Å². The second kappa shape index (κ2) is 5.43. The van der Waals surface area contributed by atoms with Crippen LogP contribution in [0.1, 0.15) is 35.7 Å². The number of carbonyl (C=O) groups excluding carboxylic acids is 1. The van der Waals surface area contributed by atoms with Gasteiger partial charge in [0.25, 0.3) is 5.91 Å². The van der Waals surface area contributed by atoms with Crippen LogP contribution in [0.4, 0.5) is 0 Å². The highest BCUT2D eigenvalue weighted by Crippen LogP contribution is 2.25. The van der Waals surface area contributed by atoms with Crippen LogP contribution in [0, 0.1) is 12.8 Å². The summed E-state index contributed by atoms with van der Waals surface area (Å²) in [6, 6.07) is 6.56. The van der Waals surface area contributed by atoms with E-state index in [-0.39, 0.29) is 11.8 Å². The Kier molecular flexibility index (Phi) is 3.88. The predicted octanol–water partition coefficient (Wildman–Crippen LogP) is 2.32. The molecule has 2 unspecified atom stereocenters. The molecule has 0 aliphatic carbocycles. The van der Waals surface area contributed by atoms with Gasteiger partial charge in [0, 0.05) is 12.1 Å². The van der Waals surface area contributed by atoms with Crippen LogP contribution in [-0.4, -0.2) is 34.5 Å². The van der Waals surface area contributed by atoms with Crippen LogP contribution in [0.5, 0.6) is 0 Å². The van der Waals surface area contributed by atoms with E-state index in [0.717, 1.165) is 18.4 Å². The van der Waals surface area contributed by atoms with Crippen LogP contribution in [0.25, 0.3) is 0 Å². The summed E-state index contributed by atoms with van der Waals surface area (Å²) in [5.74, 6) is -1.09. The van der Waals surface area contributed by atoms with Crippen LogP contribution < -0.4 is 0 Å². The molecule has 1 heterocycles. The van der Waals surface area contributed by atoms with Gasteiger partial charge < -0.3 is 10.0 Å². The van der Waals surface area contributed by atoms with Gasteiger partial charge >= 0.3 is 5.97 Å². The lowest BCUT2D eigenvalue weighted by atomic mass is 9.90. The fourth-order valence-corrected chi connectivity index (χ4v) is 2.65. The standard InChI is InChI=1S/C15H19NO3/c1-10-5-7-12(8-6-10)14(17)16-9-3-4-11(2)13(16)15(18)19/h5-8,11,13H,3-4,9H2,1-2H3,(H,18,19). The number of carbonyl (C=O) groups is 2. The lowest BCUT2D eigenvalue weighted by Crippen LogP contribution is -2.51. The Labute approximate surface area is 113 Å². The molecule has 19 heavy (non-hydrogen) atoms. The Balaban J connectivity index is 2.25. The van der Waals surface area contributed by atoms with Crippen molar-refractivity contribution in [3.8, 4) is 0 Å². The average molecular weight is 261 g/mol. The number of hydrogen-bond acceptors (Lipinski definition) is 2. The number of amides is 1. The monoisotopic (exact) mass is 261 g/mol. The summed E-state index contributed by atoms with van der Waals surface area (Å²) in [7, 11) is 0. The number of aryl methyl sites for hydroxylation is 1. The van der Waals surface area contributed by atoms with Crippen molar-refractivity contribution < 1.29 is 14.7 Å². The third-order valence-electron chi connectivity index (χ3n) is 3.75. The first-order chi connectivity index (χ1) is 9.00. The number of piperidine rings is 1. The molecule has 102 valence electrons. The van der Waals surface area contributed by atoms with Gasteiger partial charge in [-0.1, -0.05) is 24.6 Å². The molecule has 1 aliphatic rings.